The van der Waals surface area contributed by atoms with Crippen LogP contribution >= 0.6 is 11.3 Å². The molecule has 10 heteroatoms. The number of benzene rings is 1. The van der Waals surface area contributed by atoms with Crippen molar-refractivity contribution in [1.82, 2.24) is 14.3 Å². The largest absolute Gasteiger partial charge is 0.418 e. The maximum atomic E-state index is 13.0. The predicted octanol–water partition coefficient (Wildman–Crippen LogP) is 3.44. The van der Waals surface area contributed by atoms with Crippen LogP contribution in [0.4, 0.5) is 18.9 Å². The highest BCUT2D eigenvalue weighted by Gasteiger charge is 2.33. The van der Waals surface area contributed by atoms with Gasteiger partial charge < -0.3 is 10.2 Å². The first-order valence-electron chi connectivity index (χ1n) is 8.43. The van der Waals surface area contributed by atoms with E-state index in [1.165, 1.54) is 34.4 Å². The molecule has 1 aromatic carbocycles. The number of hydrogen-bond acceptors (Lipinski definition) is 4. The molecule has 0 saturated heterocycles. The first kappa shape index (κ1) is 19.9. The smallest absolute Gasteiger partial charge is 0.333 e. The van der Waals surface area contributed by atoms with Crippen LogP contribution in [0.5, 0.6) is 0 Å². The number of aromatic nitrogens is 2. The minimum absolute atomic E-state index is 0.00859. The monoisotopic (exact) mass is 410 g/mol. The quantitative estimate of drug-likeness (QED) is 0.677. The molecule has 1 N–H and O–H groups in total. The summed E-state index contributed by atoms with van der Waals surface area (Å²) in [4.78, 5) is 31.1. The summed E-state index contributed by atoms with van der Waals surface area (Å²) in [6.45, 7) is 1.60. The number of fused-ring (bicyclic) bond motifs is 1. The summed E-state index contributed by atoms with van der Waals surface area (Å²) in [5, 5.41) is 4.12. The molecule has 0 saturated carbocycles. The first-order valence-corrected chi connectivity index (χ1v) is 9.31. The molecule has 2 aromatic heterocycles. The number of carbonyl (C=O) groups is 2. The number of amides is 2. The average Bonchev–Trinajstić information content (AvgIpc) is 3.20. The van der Waals surface area contributed by atoms with Crippen molar-refractivity contribution in [2.24, 2.45) is 0 Å². The fourth-order valence-electron chi connectivity index (χ4n) is 2.71. The van der Waals surface area contributed by atoms with Gasteiger partial charge in [0.25, 0.3) is 0 Å². The lowest BCUT2D eigenvalue weighted by atomic mass is 10.1. The lowest BCUT2D eigenvalue weighted by Crippen LogP contribution is -2.39. The van der Waals surface area contributed by atoms with E-state index in [1.807, 2.05) is 11.6 Å². The highest BCUT2D eigenvalue weighted by atomic mass is 32.1. The van der Waals surface area contributed by atoms with Crippen molar-refractivity contribution < 1.29 is 22.8 Å². The summed E-state index contributed by atoms with van der Waals surface area (Å²) in [5.41, 5.74) is -0.702. The van der Waals surface area contributed by atoms with E-state index >= 15 is 0 Å². The first-order chi connectivity index (χ1) is 13.3. The number of thiazole rings is 1. The molecule has 0 bridgehead atoms. The molecule has 2 heterocycles. The number of alkyl halides is 3. The van der Waals surface area contributed by atoms with Gasteiger partial charge >= 0.3 is 6.18 Å². The summed E-state index contributed by atoms with van der Waals surface area (Å²) >= 11 is 1.44. The van der Waals surface area contributed by atoms with Gasteiger partial charge in [0.1, 0.15) is 0 Å². The third-order valence-corrected chi connectivity index (χ3v) is 4.82. The van der Waals surface area contributed by atoms with Crippen LogP contribution in [0.3, 0.4) is 0 Å². The number of likely N-dealkylation sites (N-methyl/N-ethyl adjacent to an activating group) is 1. The van der Waals surface area contributed by atoms with E-state index < -0.39 is 17.6 Å². The number of para-hydroxylation sites is 1. The van der Waals surface area contributed by atoms with Crippen molar-refractivity contribution in [3.8, 4) is 0 Å². The molecule has 0 aliphatic carbocycles. The summed E-state index contributed by atoms with van der Waals surface area (Å²) in [7, 11) is 0. The Morgan fingerprint density at radius 3 is 2.71 bits per heavy atom. The maximum absolute atomic E-state index is 13.0. The molecule has 0 atom stereocenters. The highest BCUT2D eigenvalue weighted by Crippen LogP contribution is 2.34. The van der Waals surface area contributed by atoms with Crippen molar-refractivity contribution in [3.63, 3.8) is 0 Å². The molecule has 0 fully saturated rings. The van der Waals surface area contributed by atoms with E-state index in [-0.39, 0.29) is 31.1 Å². The second kappa shape index (κ2) is 8.01. The zero-order valence-corrected chi connectivity index (χ0v) is 15.7. The fourth-order valence-corrected chi connectivity index (χ4v) is 3.43. The van der Waals surface area contributed by atoms with Crippen LogP contribution in [0.2, 0.25) is 0 Å². The van der Waals surface area contributed by atoms with Gasteiger partial charge in [-0.1, -0.05) is 12.1 Å². The zero-order valence-electron chi connectivity index (χ0n) is 14.9. The van der Waals surface area contributed by atoms with E-state index in [9.17, 15) is 22.8 Å². The molecule has 2 amide bonds. The molecular formula is C18H17F3N4O2S. The molecule has 6 nitrogen and oxygen atoms in total. The molecule has 3 aromatic rings. The molecule has 28 heavy (non-hydrogen) atoms. The number of nitrogens with zero attached hydrogens (tertiary/aromatic N) is 3. The molecule has 0 radical (unpaired) electrons. The Morgan fingerprint density at radius 1 is 1.29 bits per heavy atom. The number of hydrogen-bond donors (Lipinski definition) is 1. The van der Waals surface area contributed by atoms with Gasteiger partial charge in [-0.25, -0.2) is 4.98 Å². The van der Waals surface area contributed by atoms with E-state index in [1.54, 1.807) is 17.5 Å². The number of rotatable bonds is 6. The Bertz CT molecular complexity index is 968. The summed E-state index contributed by atoms with van der Waals surface area (Å²) in [6.07, 6.45) is -1.02. The highest BCUT2D eigenvalue weighted by molar-refractivity contribution is 7.15. The molecule has 148 valence electrons. The third-order valence-electron chi connectivity index (χ3n) is 4.05. The van der Waals surface area contributed by atoms with E-state index in [2.05, 4.69) is 10.3 Å². The number of anilines is 1. The number of nitrogens with one attached hydrogen (secondary N) is 1. The number of carbonyl (C=O) groups excluding carboxylic acids is 2. The topological polar surface area (TPSA) is 66.7 Å². The van der Waals surface area contributed by atoms with Gasteiger partial charge in [0.05, 0.1) is 29.9 Å². The van der Waals surface area contributed by atoms with Gasteiger partial charge in [-0.3, -0.25) is 14.0 Å². The average molecular weight is 410 g/mol. The standard InChI is InChI=1S/C18H17F3N4O2S/c1-2-24(16(27)9-12-10-25-7-8-28-17(25)22-12)11-15(26)23-14-6-4-3-5-13(14)18(19,20)21/h3-8,10H,2,9,11H2,1H3,(H,23,26). The van der Waals surface area contributed by atoms with Gasteiger partial charge in [0.2, 0.25) is 11.8 Å². The Labute approximate surface area is 162 Å². The molecule has 0 aliphatic rings. The third kappa shape index (κ3) is 4.50. The normalized spacial score (nSPS) is 11.6. The number of imidazole rings is 1. The summed E-state index contributed by atoms with van der Waals surface area (Å²) in [6, 6.07) is 4.72. The lowest BCUT2D eigenvalue weighted by molar-refractivity contribution is -0.137. The predicted molar refractivity (Wildman–Crippen MR) is 99.1 cm³/mol. The second-order valence-electron chi connectivity index (χ2n) is 6.00. The van der Waals surface area contributed by atoms with E-state index in [0.717, 1.165) is 11.0 Å². The Balaban J connectivity index is 1.64. The second-order valence-corrected chi connectivity index (χ2v) is 6.87. The van der Waals surface area contributed by atoms with Gasteiger partial charge in [-0.05, 0) is 19.1 Å². The Morgan fingerprint density at radius 2 is 2.04 bits per heavy atom. The van der Waals surface area contributed by atoms with Gasteiger partial charge in [-0.2, -0.15) is 13.2 Å². The molecule has 3 rings (SSSR count). The van der Waals surface area contributed by atoms with Crippen LogP contribution < -0.4 is 5.32 Å². The van der Waals surface area contributed by atoms with Gasteiger partial charge in [-0.15, -0.1) is 11.3 Å². The van der Waals surface area contributed by atoms with E-state index in [0.29, 0.717) is 5.69 Å². The van der Waals surface area contributed by atoms with Crippen LogP contribution in [0.1, 0.15) is 18.2 Å². The van der Waals surface area contributed by atoms with Gasteiger partial charge in [0.15, 0.2) is 4.96 Å². The molecule has 0 unspecified atom stereocenters. The van der Waals surface area contributed by atoms with Crippen LogP contribution in [0.25, 0.3) is 4.96 Å². The lowest BCUT2D eigenvalue weighted by Gasteiger charge is -2.21. The van der Waals surface area contributed by atoms with Crippen molar-refractivity contribution >= 4 is 33.8 Å². The summed E-state index contributed by atoms with van der Waals surface area (Å²) in [5.74, 6) is -1.02. The maximum Gasteiger partial charge on any atom is 0.418 e. The van der Waals surface area contributed by atoms with Crippen molar-refractivity contribution in [3.05, 3.63) is 53.3 Å². The SMILES string of the molecule is CCN(CC(=O)Nc1ccccc1C(F)(F)F)C(=O)Cc1cn2ccsc2n1. The van der Waals surface area contributed by atoms with Crippen molar-refractivity contribution in [2.45, 2.75) is 19.5 Å². The van der Waals surface area contributed by atoms with Crippen LogP contribution in [0, 0.1) is 0 Å². The minimum atomic E-state index is -4.59. The van der Waals surface area contributed by atoms with Gasteiger partial charge in [0, 0.05) is 24.3 Å². The molecule has 0 aliphatic heterocycles. The van der Waals surface area contributed by atoms with Crippen LogP contribution in [0.15, 0.2) is 42.0 Å². The molecule has 0 spiro atoms. The Kier molecular flexibility index (Phi) is 5.68. The van der Waals surface area contributed by atoms with E-state index in [4.69, 9.17) is 0 Å². The molecular weight excluding hydrogens is 393 g/mol. The Hall–Kier alpha value is -2.88. The summed E-state index contributed by atoms with van der Waals surface area (Å²) < 4.78 is 40.9. The van der Waals surface area contributed by atoms with Crippen LogP contribution in [-0.2, 0) is 22.2 Å². The fraction of sp³-hybridized carbons (Fsp3) is 0.278. The van der Waals surface area contributed by atoms with Crippen molar-refractivity contribution in [1.29, 1.82) is 0 Å². The van der Waals surface area contributed by atoms with Crippen LogP contribution in [-0.4, -0.2) is 39.2 Å². The number of halogens is 3. The minimum Gasteiger partial charge on any atom is -0.333 e. The zero-order chi connectivity index (χ0) is 20.3. The van der Waals surface area contributed by atoms with Crippen molar-refractivity contribution in [2.75, 3.05) is 18.4 Å².